The minimum absolute atomic E-state index is 0.0777. The summed E-state index contributed by atoms with van der Waals surface area (Å²) in [6.07, 6.45) is 1.05. The van der Waals surface area contributed by atoms with Crippen LogP contribution < -0.4 is 15.5 Å². The first kappa shape index (κ1) is 19.8. The second-order valence-electron chi connectivity index (χ2n) is 6.61. The molecule has 3 aromatic rings. The first-order valence-electron chi connectivity index (χ1n) is 8.77. The van der Waals surface area contributed by atoms with Crippen LogP contribution in [0.25, 0.3) is 11.0 Å². The SMILES string of the molecule is COc1ccc2occ(NC(=O)C3C(=O)c4ccccc4S(=O)(=O)N3C)c(=O)c2c1. The maximum atomic E-state index is 12.9. The molecule has 1 aliphatic heterocycles. The van der Waals surface area contributed by atoms with E-state index in [-0.39, 0.29) is 27.1 Å². The fourth-order valence-electron chi connectivity index (χ4n) is 3.31. The predicted octanol–water partition coefficient (Wildman–Crippen LogP) is 1.63. The van der Waals surface area contributed by atoms with Crippen molar-refractivity contribution >= 4 is 38.4 Å². The summed E-state index contributed by atoms with van der Waals surface area (Å²) in [4.78, 5) is 38.3. The lowest BCUT2D eigenvalue weighted by Crippen LogP contribution is -2.53. The molecule has 1 unspecified atom stereocenters. The van der Waals surface area contributed by atoms with E-state index in [4.69, 9.17) is 9.15 Å². The van der Waals surface area contributed by atoms with Gasteiger partial charge in [-0.1, -0.05) is 12.1 Å². The van der Waals surface area contributed by atoms with Crippen LogP contribution in [0.1, 0.15) is 10.4 Å². The molecule has 30 heavy (non-hydrogen) atoms. The van der Waals surface area contributed by atoms with Gasteiger partial charge >= 0.3 is 0 Å². The number of anilines is 1. The number of Topliss-reactive ketones (excluding diaryl/α,β-unsaturated/α-hetero) is 1. The average Bonchev–Trinajstić information content (AvgIpc) is 2.74. The zero-order valence-corrected chi connectivity index (χ0v) is 16.7. The van der Waals surface area contributed by atoms with Crippen molar-refractivity contribution in [3.05, 3.63) is 64.5 Å². The largest absolute Gasteiger partial charge is 0.497 e. The molecule has 1 atom stereocenters. The fourth-order valence-corrected chi connectivity index (χ4v) is 4.79. The number of rotatable bonds is 3. The highest BCUT2D eigenvalue weighted by Crippen LogP contribution is 2.29. The van der Waals surface area contributed by atoms with E-state index in [2.05, 4.69) is 5.32 Å². The van der Waals surface area contributed by atoms with Gasteiger partial charge in [-0.2, -0.15) is 4.31 Å². The van der Waals surface area contributed by atoms with Gasteiger partial charge in [0.15, 0.2) is 11.8 Å². The molecule has 4 rings (SSSR count). The molecule has 0 fully saturated rings. The molecule has 154 valence electrons. The van der Waals surface area contributed by atoms with Crippen molar-refractivity contribution in [1.82, 2.24) is 4.31 Å². The molecule has 1 aromatic heterocycles. The molecule has 0 spiro atoms. The van der Waals surface area contributed by atoms with Crippen LogP contribution in [0.3, 0.4) is 0 Å². The van der Waals surface area contributed by atoms with Gasteiger partial charge < -0.3 is 14.5 Å². The Hall–Kier alpha value is -3.50. The number of ketones is 1. The molecule has 0 radical (unpaired) electrons. The number of likely N-dealkylation sites (N-methyl/N-ethyl adjacent to an activating group) is 1. The number of ether oxygens (including phenoxy) is 1. The van der Waals surface area contributed by atoms with Gasteiger partial charge in [0.25, 0.3) is 5.91 Å². The highest BCUT2D eigenvalue weighted by molar-refractivity contribution is 7.89. The molecule has 0 aliphatic carbocycles. The highest BCUT2D eigenvalue weighted by Gasteiger charge is 2.45. The number of benzene rings is 2. The summed E-state index contributed by atoms with van der Waals surface area (Å²) < 4.78 is 36.6. The zero-order valence-electron chi connectivity index (χ0n) is 15.9. The number of carbonyl (C=O) groups is 2. The van der Waals surface area contributed by atoms with Gasteiger partial charge in [-0.15, -0.1) is 0 Å². The fraction of sp³-hybridized carbons (Fsp3) is 0.150. The smallest absolute Gasteiger partial charge is 0.251 e. The number of nitrogens with one attached hydrogen (secondary N) is 1. The molecule has 1 N–H and O–H groups in total. The van der Waals surface area contributed by atoms with Gasteiger partial charge in [0.2, 0.25) is 15.5 Å². The van der Waals surface area contributed by atoms with Gasteiger partial charge in [0.05, 0.1) is 17.4 Å². The number of methoxy groups -OCH3 is 1. The lowest BCUT2D eigenvalue weighted by atomic mass is 10.0. The Balaban J connectivity index is 1.73. The molecule has 1 amide bonds. The van der Waals surface area contributed by atoms with E-state index in [1.54, 1.807) is 12.1 Å². The van der Waals surface area contributed by atoms with Crippen LogP contribution in [0.2, 0.25) is 0 Å². The quantitative estimate of drug-likeness (QED) is 0.629. The van der Waals surface area contributed by atoms with Crippen LogP contribution in [0.15, 0.2) is 62.8 Å². The van der Waals surface area contributed by atoms with E-state index in [1.165, 1.54) is 37.4 Å². The molecule has 2 aromatic carbocycles. The molecule has 10 heteroatoms. The Morgan fingerprint density at radius 3 is 2.63 bits per heavy atom. The first-order chi connectivity index (χ1) is 14.3. The molecular formula is C20H16N2O7S. The normalized spacial score (nSPS) is 18.1. The summed E-state index contributed by atoms with van der Waals surface area (Å²) in [5, 5.41) is 2.49. The van der Waals surface area contributed by atoms with Crippen molar-refractivity contribution in [2.75, 3.05) is 19.5 Å². The second kappa shape index (κ2) is 7.08. The van der Waals surface area contributed by atoms with Gasteiger partial charge in [0.1, 0.15) is 23.3 Å². The third-order valence-electron chi connectivity index (χ3n) is 4.91. The first-order valence-corrected chi connectivity index (χ1v) is 10.2. The van der Waals surface area contributed by atoms with E-state index >= 15 is 0 Å². The van der Waals surface area contributed by atoms with Crippen LogP contribution in [0, 0.1) is 0 Å². The third kappa shape index (κ3) is 2.97. The summed E-state index contributed by atoms with van der Waals surface area (Å²) in [5.74, 6) is -1.23. The summed E-state index contributed by atoms with van der Waals surface area (Å²) in [6.45, 7) is 0. The van der Waals surface area contributed by atoms with Crippen LogP contribution in [-0.4, -0.2) is 44.6 Å². The summed E-state index contributed by atoms with van der Waals surface area (Å²) in [5.41, 5.74) is -0.580. The molecule has 2 heterocycles. The standard InChI is InChI=1S/C20H16N2O7S/c1-22-17(19(24)12-5-3-4-6-16(12)30(22,26)27)20(25)21-14-10-29-15-8-7-11(28-2)9-13(15)18(14)23/h3-10,17H,1-2H3,(H,21,25). The lowest BCUT2D eigenvalue weighted by molar-refractivity contribution is -0.118. The predicted molar refractivity (Wildman–Crippen MR) is 107 cm³/mol. The monoisotopic (exact) mass is 428 g/mol. The Kier molecular flexibility index (Phi) is 4.67. The minimum atomic E-state index is -4.06. The Morgan fingerprint density at radius 2 is 1.90 bits per heavy atom. The lowest BCUT2D eigenvalue weighted by Gasteiger charge is -2.30. The van der Waals surface area contributed by atoms with E-state index < -0.39 is 33.2 Å². The van der Waals surface area contributed by atoms with E-state index in [9.17, 15) is 22.8 Å². The van der Waals surface area contributed by atoms with Crippen LogP contribution in [-0.2, 0) is 14.8 Å². The van der Waals surface area contributed by atoms with Crippen molar-refractivity contribution in [2.45, 2.75) is 10.9 Å². The van der Waals surface area contributed by atoms with E-state index in [1.807, 2.05) is 0 Å². The van der Waals surface area contributed by atoms with Gasteiger partial charge in [0, 0.05) is 12.6 Å². The van der Waals surface area contributed by atoms with E-state index in [0.717, 1.165) is 13.3 Å². The van der Waals surface area contributed by atoms with Crippen LogP contribution >= 0.6 is 0 Å². The van der Waals surface area contributed by atoms with Crippen molar-refractivity contribution in [3.63, 3.8) is 0 Å². The molecular weight excluding hydrogens is 412 g/mol. The number of amides is 1. The maximum absolute atomic E-state index is 12.9. The van der Waals surface area contributed by atoms with Crippen LogP contribution in [0.4, 0.5) is 5.69 Å². The molecule has 0 bridgehead atoms. The number of hydrogen-bond donors (Lipinski definition) is 1. The summed E-state index contributed by atoms with van der Waals surface area (Å²) in [7, 11) is -1.48. The average molecular weight is 428 g/mol. The van der Waals surface area contributed by atoms with Gasteiger partial charge in [-0.25, -0.2) is 8.42 Å². The maximum Gasteiger partial charge on any atom is 0.251 e. The highest BCUT2D eigenvalue weighted by atomic mass is 32.2. The van der Waals surface area contributed by atoms with Gasteiger partial charge in [-0.05, 0) is 30.3 Å². The Labute approximate surface area is 170 Å². The topological polar surface area (TPSA) is 123 Å². The molecule has 0 saturated heterocycles. The summed E-state index contributed by atoms with van der Waals surface area (Å²) >= 11 is 0. The number of hydrogen-bond acceptors (Lipinski definition) is 7. The Bertz CT molecular complexity index is 1360. The van der Waals surface area contributed by atoms with Crippen molar-refractivity contribution < 1.29 is 27.2 Å². The van der Waals surface area contributed by atoms with Crippen molar-refractivity contribution in [3.8, 4) is 5.75 Å². The molecule has 0 saturated carbocycles. The second-order valence-corrected chi connectivity index (χ2v) is 8.58. The number of fused-ring (bicyclic) bond motifs is 2. The molecule has 1 aliphatic rings. The zero-order chi connectivity index (χ0) is 21.6. The number of sulfonamides is 1. The molecule has 9 nitrogen and oxygen atoms in total. The minimum Gasteiger partial charge on any atom is -0.497 e. The third-order valence-corrected chi connectivity index (χ3v) is 6.79. The van der Waals surface area contributed by atoms with E-state index in [0.29, 0.717) is 10.1 Å². The van der Waals surface area contributed by atoms with Crippen molar-refractivity contribution in [2.24, 2.45) is 0 Å². The number of nitrogens with zero attached hydrogens (tertiary/aromatic N) is 1. The van der Waals surface area contributed by atoms with Gasteiger partial charge in [-0.3, -0.25) is 14.4 Å². The number of carbonyl (C=O) groups excluding carboxylic acids is 2. The summed E-state index contributed by atoms with van der Waals surface area (Å²) in [6, 6.07) is 8.60. The van der Waals surface area contributed by atoms with Crippen LogP contribution in [0.5, 0.6) is 5.75 Å². The Morgan fingerprint density at radius 1 is 1.17 bits per heavy atom. The van der Waals surface area contributed by atoms with Crippen molar-refractivity contribution in [1.29, 1.82) is 0 Å².